The summed E-state index contributed by atoms with van der Waals surface area (Å²) in [6.07, 6.45) is -1.33. The fourth-order valence-corrected chi connectivity index (χ4v) is 3.68. The molecule has 0 saturated carbocycles. The number of rotatable bonds is 7. The lowest BCUT2D eigenvalue weighted by Gasteiger charge is -2.51. The number of aliphatic hydroxyl groups is 3. The quantitative estimate of drug-likeness (QED) is 0.226. The first kappa shape index (κ1) is 21.7. The van der Waals surface area contributed by atoms with Gasteiger partial charge in [0.1, 0.15) is 23.3 Å². The summed E-state index contributed by atoms with van der Waals surface area (Å²) in [5.74, 6) is -4.04. The summed E-state index contributed by atoms with van der Waals surface area (Å²) in [5, 5.41) is 53.5. The van der Waals surface area contributed by atoms with Crippen LogP contribution in [0.5, 0.6) is 0 Å². The molecule has 13 heteroatoms. The molecule has 2 fully saturated rings. The van der Waals surface area contributed by atoms with Gasteiger partial charge in [0, 0.05) is 0 Å². The molecule has 1 aromatic rings. The van der Waals surface area contributed by atoms with Crippen LogP contribution >= 0.6 is 0 Å². The van der Waals surface area contributed by atoms with E-state index in [2.05, 4.69) is 16.0 Å². The van der Waals surface area contributed by atoms with Crippen LogP contribution in [-0.4, -0.2) is 88.3 Å². The number of hydrogen-bond donors (Lipinski definition) is 8. The lowest BCUT2D eigenvalue weighted by atomic mass is 9.91. The first-order valence-electron chi connectivity index (χ1n) is 9.01. The van der Waals surface area contributed by atoms with E-state index in [-0.39, 0.29) is 18.5 Å². The number of fused-ring (bicyclic) bond motifs is 1. The summed E-state index contributed by atoms with van der Waals surface area (Å²) in [6, 6.07) is 1.38. The number of nitrogens with one attached hydrogen (secondary N) is 5. The van der Waals surface area contributed by atoms with Crippen LogP contribution in [0.2, 0.25) is 0 Å². The van der Waals surface area contributed by atoms with Crippen LogP contribution in [-0.2, 0) is 4.74 Å². The van der Waals surface area contributed by atoms with Gasteiger partial charge in [-0.15, -0.1) is 0 Å². The van der Waals surface area contributed by atoms with E-state index in [9.17, 15) is 28.9 Å². The van der Waals surface area contributed by atoms with Crippen molar-refractivity contribution in [2.24, 2.45) is 0 Å². The van der Waals surface area contributed by atoms with E-state index >= 15 is 0 Å². The summed E-state index contributed by atoms with van der Waals surface area (Å²) in [6.45, 7) is -2.12. The summed E-state index contributed by atoms with van der Waals surface area (Å²) >= 11 is 0. The Morgan fingerprint density at radius 3 is 2.47 bits per heavy atom. The average molecular weight is 428 g/mol. The van der Waals surface area contributed by atoms with Gasteiger partial charge in [-0.3, -0.25) is 10.8 Å². The normalized spacial score (nSPS) is 26.4. The topological polar surface area (TPSA) is 174 Å². The maximum absolute atomic E-state index is 13.8. The third-order valence-corrected chi connectivity index (χ3v) is 5.10. The van der Waals surface area contributed by atoms with Crippen molar-refractivity contribution in [2.45, 2.75) is 23.9 Å². The zero-order valence-electron chi connectivity index (χ0n) is 15.7. The summed E-state index contributed by atoms with van der Waals surface area (Å²) < 4.78 is 32.7. The number of halogens is 2. The van der Waals surface area contributed by atoms with E-state index in [0.717, 1.165) is 18.2 Å². The molecule has 0 aliphatic carbocycles. The van der Waals surface area contributed by atoms with Crippen molar-refractivity contribution in [3.05, 3.63) is 35.4 Å². The number of aliphatic hydroxyl groups excluding tert-OH is 3. The number of esters is 1. The average Bonchev–Trinajstić information content (AvgIpc) is 3.06. The molecule has 164 valence electrons. The van der Waals surface area contributed by atoms with Crippen LogP contribution in [0, 0.1) is 22.5 Å². The Labute approximate surface area is 169 Å². The van der Waals surface area contributed by atoms with E-state index in [1.54, 1.807) is 0 Å². The minimum Gasteiger partial charge on any atom is -0.454 e. The standard InChI is InChI=1S/C17H22F2N6O5/c18-9-2-1-3-10(19)12(9)14(29)30-8(5-26)4-25-16(21)22-11(6-27)13-17(25,7-28)24-15(20)23-13/h1-3,8,11,13,26-28H,4-7H2,(H2,21,22)(H3,20,23,24)/t8-,11-,13?,17?/m0/s1. The van der Waals surface area contributed by atoms with Gasteiger partial charge in [-0.2, -0.15) is 0 Å². The number of ether oxygens (including phenoxy) is 1. The summed E-state index contributed by atoms with van der Waals surface area (Å²) in [4.78, 5) is 13.5. The maximum atomic E-state index is 13.8. The number of guanidine groups is 2. The number of hydrogen-bond acceptors (Lipinski definition) is 7. The van der Waals surface area contributed by atoms with Gasteiger partial charge >= 0.3 is 5.97 Å². The number of carbonyl (C=O) groups excluding carboxylic acids is 1. The highest BCUT2D eigenvalue weighted by Crippen LogP contribution is 2.28. The molecule has 30 heavy (non-hydrogen) atoms. The molecule has 11 nitrogen and oxygen atoms in total. The second-order valence-electron chi connectivity index (χ2n) is 6.90. The van der Waals surface area contributed by atoms with Crippen molar-refractivity contribution in [3.8, 4) is 0 Å². The van der Waals surface area contributed by atoms with Crippen molar-refractivity contribution in [2.75, 3.05) is 26.4 Å². The molecule has 2 aliphatic rings. The zero-order chi connectivity index (χ0) is 22.1. The van der Waals surface area contributed by atoms with Crippen molar-refractivity contribution in [1.29, 1.82) is 10.8 Å². The highest BCUT2D eigenvalue weighted by molar-refractivity contribution is 5.90. The smallest absolute Gasteiger partial charge is 0.344 e. The lowest BCUT2D eigenvalue weighted by molar-refractivity contribution is -0.0306. The molecule has 0 spiro atoms. The van der Waals surface area contributed by atoms with E-state index in [1.807, 2.05) is 0 Å². The van der Waals surface area contributed by atoms with Crippen molar-refractivity contribution in [1.82, 2.24) is 20.9 Å². The summed E-state index contributed by atoms with van der Waals surface area (Å²) in [5.41, 5.74) is -2.38. The van der Waals surface area contributed by atoms with Crippen LogP contribution in [0.3, 0.4) is 0 Å². The third kappa shape index (κ3) is 3.62. The highest BCUT2D eigenvalue weighted by Gasteiger charge is 2.57. The van der Waals surface area contributed by atoms with Crippen LogP contribution in [0.15, 0.2) is 18.2 Å². The Morgan fingerprint density at radius 2 is 1.90 bits per heavy atom. The third-order valence-electron chi connectivity index (χ3n) is 5.10. The van der Waals surface area contributed by atoms with Gasteiger partial charge in [0.2, 0.25) is 0 Å². The maximum Gasteiger partial charge on any atom is 0.344 e. The molecule has 0 radical (unpaired) electrons. The van der Waals surface area contributed by atoms with Crippen molar-refractivity contribution < 1.29 is 33.6 Å². The second kappa shape index (κ2) is 8.38. The first-order valence-corrected chi connectivity index (χ1v) is 9.01. The minimum absolute atomic E-state index is 0.167. The van der Waals surface area contributed by atoms with Gasteiger partial charge in [0.05, 0.1) is 38.4 Å². The van der Waals surface area contributed by atoms with Crippen molar-refractivity contribution in [3.63, 3.8) is 0 Å². The van der Waals surface area contributed by atoms with Crippen LogP contribution in [0.4, 0.5) is 8.78 Å². The number of benzene rings is 1. The Hall–Kier alpha value is -3.03. The molecule has 0 bridgehead atoms. The molecule has 3 rings (SSSR count). The summed E-state index contributed by atoms with van der Waals surface area (Å²) in [7, 11) is 0. The van der Waals surface area contributed by atoms with Crippen LogP contribution in [0.25, 0.3) is 0 Å². The predicted octanol–water partition coefficient (Wildman–Crippen LogP) is -2.13. The van der Waals surface area contributed by atoms with Gasteiger partial charge in [-0.1, -0.05) is 6.07 Å². The predicted molar refractivity (Wildman–Crippen MR) is 98.7 cm³/mol. The zero-order valence-corrected chi connectivity index (χ0v) is 15.7. The molecule has 2 aliphatic heterocycles. The molecule has 2 unspecified atom stereocenters. The highest BCUT2D eigenvalue weighted by atomic mass is 19.1. The molecule has 2 heterocycles. The molecular weight excluding hydrogens is 406 g/mol. The van der Waals surface area contributed by atoms with Crippen LogP contribution < -0.4 is 16.0 Å². The number of carbonyl (C=O) groups is 1. The van der Waals surface area contributed by atoms with E-state index in [1.165, 1.54) is 4.90 Å². The molecular formula is C17H22F2N6O5. The molecule has 0 aromatic heterocycles. The van der Waals surface area contributed by atoms with Crippen LogP contribution in [0.1, 0.15) is 10.4 Å². The van der Waals surface area contributed by atoms with Gasteiger partial charge in [-0.25, -0.2) is 13.6 Å². The first-order chi connectivity index (χ1) is 14.3. The molecule has 1 aromatic carbocycles. The monoisotopic (exact) mass is 428 g/mol. The Morgan fingerprint density at radius 1 is 1.23 bits per heavy atom. The van der Waals surface area contributed by atoms with Gasteiger partial charge in [0.25, 0.3) is 0 Å². The van der Waals surface area contributed by atoms with E-state index in [0.29, 0.717) is 0 Å². The Bertz CT molecular complexity index is 838. The molecule has 4 atom stereocenters. The largest absolute Gasteiger partial charge is 0.454 e. The van der Waals surface area contributed by atoms with Gasteiger partial charge in [0.15, 0.2) is 17.6 Å². The van der Waals surface area contributed by atoms with Crippen molar-refractivity contribution >= 4 is 17.9 Å². The molecule has 8 N–H and O–H groups in total. The molecule has 0 amide bonds. The van der Waals surface area contributed by atoms with E-state index in [4.69, 9.17) is 15.6 Å². The molecule has 2 saturated heterocycles. The van der Waals surface area contributed by atoms with E-state index < -0.39 is 66.8 Å². The fraction of sp³-hybridized carbons (Fsp3) is 0.471. The second-order valence-corrected chi connectivity index (χ2v) is 6.90. The SMILES string of the molecule is N=C1NC2[C@H](CO)NC(=N)N(C[C@@H](CO)OC(=O)c3c(F)cccc3F)C2(CO)N1. The lowest BCUT2D eigenvalue weighted by Crippen LogP contribution is -2.78. The minimum atomic E-state index is -1.46. The Balaban J connectivity index is 1.84. The number of nitrogens with zero attached hydrogens (tertiary/aromatic N) is 1. The fourth-order valence-electron chi connectivity index (χ4n) is 3.68. The van der Waals surface area contributed by atoms with Gasteiger partial charge in [-0.05, 0) is 12.1 Å². The Kier molecular flexibility index (Phi) is 6.05. The van der Waals surface area contributed by atoms with Gasteiger partial charge < -0.3 is 40.9 Å².